The molecule has 0 spiro atoms. The normalized spacial score (nSPS) is 21.7. The minimum absolute atomic E-state index is 0.195. The number of aliphatic hydroxyl groups excluding tert-OH is 1. The molecule has 1 saturated carbocycles. The van der Waals surface area contributed by atoms with Gasteiger partial charge in [-0.2, -0.15) is 0 Å². The molecule has 2 aromatic heterocycles. The lowest BCUT2D eigenvalue weighted by molar-refractivity contribution is 0.0529. The maximum Gasteiger partial charge on any atom is 0.339 e. The van der Waals surface area contributed by atoms with Gasteiger partial charge in [0.15, 0.2) is 0 Å². The Kier molecular flexibility index (Phi) is 4.54. The molecule has 0 aliphatic heterocycles. The van der Waals surface area contributed by atoms with E-state index in [4.69, 9.17) is 4.74 Å². The van der Waals surface area contributed by atoms with Crippen LogP contribution in [0, 0.1) is 0 Å². The first-order valence-corrected chi connectivity index (χ1v) is 8.41. The van der Waals surface area contributed by atoms with Crippen molar-refractivity contribution in [3.8, 4) is 0 Å². The Hall–Kier alpha value is -1.73. The molecule has 2 aromatic rings. The zero-order valence-corrected chi connectivity index (χ0v) is 13.2. The van der Waals surface area contributed by atoms with Gasteiger partial charge in [-0.1, -0.05) is 0 Å². The van der Waals surface area contributed by atoms with Crippen molar-refractivity contribution >= 4 is 33.3 Å². The Balaban J connectivity index is 1.88. The van der Waals surface area contributed by atoms with Gasteiger partial charge in [-0.05, 0) is 32.6 Å². The number of hydrogen-bond acceptors (Lipinski definition) is 7. The van der Waals surface area contributed by atoms with E-state index in [9.17, 15) is 9.90 Å². The Bertz CT molecular complexity index is 665. The van der Waals surface area contributed by atoms with Crippen LogP contribution in [0.4, 0.5) is 5.82 Å². The third-order valence-corrected chi connectivity index (χ3v) is 4.79. The zero-order valence-electron chi connectivity index (χ0n) is 12.4. The fourth-order valence-electron chi connectivity index (χ4n) is 2.76. The largest absolute Gasteiger partial charge is 0.462 e. The molecule has 6 nitrogen and oxygen atoms in total. The van der Waals surface area contributed by atoms with Crippen molar-refractivity contribution in [2.45, 2.75) is 44.8 Å². The summed E-state index contributed by atoms with van der Waals surface area (Å²) in [4.78, 5) is 21.4. The number of ether oxygens (including phenoxy) is 1. The van der Waals surface area contributed by atoms with E-state index in [2.05, 4.69) is 15.3 Å². The molecule has 1 aliphatic carbocycles. The second-order valence-corrected chi connectivity index (χ2v) is 6.28. The van der Waals surface area contributed by atoms with Crippen molar-refractivity contribution in [1.82, 2.24) is 9.97 Å². The summed E-state index contributed by atoms with van der Waals surface area (Å²) in [6.07, 6.45) is 4.69. The summed E-state index contributed by atoms with van der Waals surface area (Å²) in [5.41, 5.74) is 0.515. The summed E-state index contributed by atoms with van der Waals surface area (Å²) in [6.45, 7) is 2.13. The Morgan fingerprint density at radius 2 is 2.18 bits per heavy atom. The van der Waals surface area contributed by atoms with Crippen molar-refractivity contribution in [2.24, 2.45) is 0 Å². The standard InChI is InChI=1S/C15H19N3O3S/c1-2-21-15(20)11-7-22-14-12(11)13(16-8-17-14)18-9-3-5-10(19)6-4-9/h7-10,19H,2-6H2,1H3,(H,16,17,18). The fourth-order valence-corrected chi connectivity index (χ4v) is 3.63. The predicted molar refractivity (Wildman–Crippen MR) is 85.3 cm³/mol. The molecular weight excluding hydrogens is 302 g/mol. The van der Waals surface area contributed by atoms with Crippen molar-refractivity contribution in [3.05, 3.63) is 17.3 Å². The van der Waals surface area contributed by atoms with Crippen LogP contribution >= 0.6 is 11.3 Å². The molecule has 0 unspecified atom stereocenters. The Morgan fingerprint density at radius 1 is 1.41 bits per heavy atom. The van der Waals surface area contributed by atoms with Gasteiger partial charge in [-0.25, -0.2) is 14.8 Å². The van der Waals surface area contributed by atoms with Crippen LogP contribution in [0.5, 0.6) is 0 Å². The molecule has 0 bridgehead atoms. The molecule has 1 aliphatic rings. The molecule has 0 atom stereocenters. The first-order valence-electron chi connectivity index (χ1n) is 7.53. The zero-order chi connectivity index (χ0) is 15.5. The number of carbonyl (C=O) groups is 1. The number of hydrogen-bond donors (Lipinski definition) is 2. The smallest absolute Gasteiger partial charge is 0.339 e. The van der Waals surface area contributed by atoms with Gasteiger partial charge in [-0.3, -0.25) is 0 Å². The highest BCUT2D eigenvalue weighted by Crippen LogP contribution is 2.31. The van der Waals surface area contributed by atoms with Crippen molar-refractivity contribution in [3.63, 3.8) is 0 Å². The lowest BCUT2D eigenvalue weighted by Gasteiger charge is -2.26. The first-order chi connectivity index (χ1) is 10.7. The second-order valence-electron chi connectivity index (χ2n) is 5.42. The summed E-state index contributed by atoms with van der Waals surface area (Å²) in [7, 11) is 0. The molecule has 0 radical (unpaired) electrons. The first kappa shape index (κ1) is 15.2. The van der Waals surface area contributed by atoms with Gasteiger partial charge in [-0.15, -0.1) is 11.3 Å². The topological polar surface area (TPSA) is 84.3 Å². The van der Waals surface area contributed by atoms with E-state index in [1.165, 1.54) is 17.7 Å². The number of rotatable bonds is 4. The van der Waals surface area contributed by atoms with E-state index < -0.39 is 0 Å². The number of carbonyl (C=O) groups excluding carboxylic acids is 1. The SMILES string of the molecule is CCOC(=O)c1csc2ncnc(NC3CCC(O)CC3)c12. The van der Waals surface area contributed by atoms with Gasteiger partial charge in [0.2, 0.25) is 0 Å². The van der Waals surface area contributed by atoms with Crippen LogP contribution in [0.3, 0.4) is 0 Å². The molecule has 0 aromatic carbocycles. The summed E-state index contributed by atoms with van der Waals surface area (Å²) in [6, 6.07) is 0.261. The van der Waals surface area contributed by atoms with E-state index in [1.807, 2.05) is 0 Å². The number of nitrogens with one attached hydrogen (secondary N) is 1. The summed E-state index contributed by atoms with van der Waals surface area (Å²) in [5, 5.41) is 15.5. The molecule has 0 saturated heterocycles. The Morgan fingerprint density at radius 3 is 2.91 bits per heavy atom. The summed E-state index contributed by atoms with van der Waals surface area (Å²) >= 11 is 1.41. The molecule has 2 N–H and O–H groups in total. The minimum atomic E-state index is -0.342. The molecule has 1 fully saturated rings. The van der Waals surface area contributed by atoms with E-state index in [-0.39, 0.29) is 18.1 Å². The molecule has 2 heterocycles. The number of anilines is 1. The van der Waals surface area contributed by atoms with E-state index >= 15 is 0 Å². The van der Waals surface area contributed by atoms with Gasteiger partial charge in [0.25, 0.3) is 0 Å². The van der Waals surface area contributed by atoms with E-state index in [0.717, 1.165) is 35.9 Å². The van der Waals surface area contributed by atoms with Gasteiger partial charge in [0.05, 0.1) is 23.7 Å². The van der Waals surface area contributed by atoms with Crippen LogP contribution in [0.15, 0.2) is 11.7 Å². The van der Waals surface area contributed by atoms with E-state index in [1.54, 1.807) is 12.3 Å². The highest BCUT2D eigenvalue weighted by molar-refractivity contribution is 7.17. The van der Waals surface area contributed by atoms with Crippen molar-refractivity contribution < 1.29 is 14.6 Å². The summed E-state index contributed by atoms with van der Waals surface area (Å²) in [5.74, 6) is 0.335. The number of esters is 1. The van der Waals surface area contributed by atoms with Gasteiger partial charge in [0.1, 0.15) is 17.0 Å². The van der Waals surface area contributed by atoms with Crippen LogP contribution in [-0.4, -0.2) is 39.8 Å². The molecule has 7 heteroatoms. The number of fused-ring (bicyclic) bond motifs is 1. The predicted octanol–water partition coefficient (Wildman–Crippen LogP) is 2.58. The summed E-state index contributed by atoms with van der Waals surface area (Å²) < 4.78 is 5.10. The van der Waals surface area contributed by atoms with Crippen molar-refractivity contribution in [2.75, 3.05) is 11.9 Å². The van der Waals surface area contributed by atoms with Crippen LogP contribution < -0.4 is 5.32 Å². The average molecular weight is 321 g/mol. The van der Waals surface area contributed by atoms with Gasteiger partial charge in [0, 0.05) is 11.4 Å². The van der Waals surface area contributed by atoms with Crippen LogP contribution in [0.25, 0.3) is 10.2 Å². The van der Waals surface area contributed by atoms with Crippen LogP contribution in [0.1, 0.15) is 43.0 Å². The number of thiophene rings is 1. The average Bonchev–Trinajstić information content (AvgIpc) is 2.95. The van der Waals surface area contributed by atoms with E-state index in [0.29, 0.717) is 18.0 Å². The molecule has 118 valence electrons. The number of aliphatic hydroxyl groups is 1. The number of nitrogens with zero attached hydrogens (tertiary/aromatic N) is 2. The highest BCUT2D eigenvalue weighted by atomic mass is 32.1. The second kappa shape index (κ2) is 6.58. The van der Waals surface area contributed by atoms with Crippen molar-refractivity contribution in [1.29, 1.82) is 0 Å². The maximum absolute atomic E-state index is 12.1. The molecular formula is C15H19N3O3S. The fraction of sp³-hybridized carbons (Fsp3) is 0.533. The highest BCUT2D eigenvalue weighted by Gasteiger charge is 2.23. The number of aromatic nitrogens is 2. The molecule has 0 amide bonds. The third-order valence-electron chi connectivity index (χ3n) is 3.90. The van der Waals surface area contributed by atoms with Gasteiger partial charge < -0.3 is 15.2 Å². The van der Waals surface area contributed by atoms with Crippen LogP contribution in [0.2, 0.25) is 0 Å². The van der Waals surface area contributed by atoms with Crippen LogP contribution in [-0.2, 0) is 4.74 Å². The monoisotopic (exact) mass is 321 g/mol. The maximum atomic E-state index is 12.1. The minimum Gasteiger partial charge on any atom is -0.462 e. The van der Waals surface area contributed by atoms with Gasteiger partial charge >= 0.3 is 5.97 Å². The quantitative estimate of drug-likeness (QED) is 0.842. The third kappa shape index (κ3) is 3.05. The molecule has 3 rings (SSSR count). The lowest BCUT2D eigenvalue weighted by Crippen LogP contribution is -2.28. The Labute approximate surface area is 132 Å². The lowest BCUT2D eigenvalue weighted by atomic mass is 9.93. The molecule has 22 heavy (non-hydrogen) atoms.